The number of pyridine rings is 1. The summed E-state index contributed by atoms with van der Waals surface area (Å²) >= 11 is 1.45. The molecule has 32 heavy (non-hydrogen) atoms. The van der Waals surface area contributed by atoms with Gasteiger partial charge in [-0.1, -0.05) is 42.5 Å². The predicted molar refractivity (Wildman–Crippen MR) is 126 cm³/mol. The number of nitrogens with zero attached hydrogens (tertiary/aromatic N) is 2. The SMILES string of the molecule is Cc1c(C#N)c(N)nc2c3c(sc12)NC(=O)C[C@H]3c1ccc(OCc2ccccc2)cc1. The number of thiophene rings is 1. The van der Waals surface area contributed by atoms with Crippen LogP contribution in [0.3, 0.4) is 0 Å². The van der Waals surface area contributed by atoms with Crippen molar-refractivity contribution >= 4 is 38.3 Å². The molecule has 1 atom stereocenters. The summed E-state index contributed by atoms with van der Waals surface area (Å²) < 4.78 is 6.79. The molecule has 0 saturated heterocycles. The number of anilines is 2. The topological polar surface area (TPSA) is 101 Å². The molecule has 0 saturated carbocycles. The Balaban J connectivity index is 1.50. The van der Waals surface area contributed by atoms with Gasteiger partial charge in [-0.05, 0) is 35.7 Å². The van der Waals surface area contributed by atoms with Crippen molar-refractivity contribution in [3.8, 4) is 11.8 Å². The molecule has 2 aromatic heterocycles. The highest BCUT2D eigenvalue weighted by atomic mass is 32.1. The number of hydrogen-bond donors (Lipinski definition) is 2. The van der Waals surface area contributed by atoms with Crippen molar-refractivity contribution in [2.75, 3.05) is 11.1 Å². The van der Waals surface area contributed by atoms with Crippen LogP contribution in [0.4, 0.5) is 10.8 Å². The maximum Gasteiger partial charge on any atom is 0.225 e. The van der Waals surface area contributed by atoms with E-state index in [1.807, 2.05) is 61.5 Å². The van der Waals surface area contributed by atoms with Crippen molar-refractivity contribution in [3.63, 3.8) is 0 Å². The van der Waals surface area contributed by atoms with Gasteiger partial charge in [0, 0.05) is 17.9 Å². The Morgan fingerprint density at radius 1 is 1.22 bits per heavy atom. The van der Waals surface area contributed by atoms with Gasteiger partial charge in [0.05, 0.1) is 15.8 Å². The zero-order valence-electron chi connectivity index (χ0n) is 17.4. The second-order valence-electron chi connectivity index (χ2n) is 7.78. The first-order valence-corrected chi connectivity index (χ1v) is 11.1. The van der Waals surface area contributed by atoms with E-state index >= 15 is 0 Å². The van der Waals surface area contributed by atoms with E-state index in [9.17, 15) is 10.1 Å². The molecule has 0 bridgehead atoms. The Hall–Kier alpha value is -3.89. The van der Waals surface area contributed by atoms with Crippen LogP contribution in [0.1, 0.15) is 40.2 Å². The molecule has 5 rings (SSSR count). The van der Waals surface area contributed by atoms with Gasteiger partial charge in [-0.15, -0.1) is 11.3 Å². The van der Waals surface area contributed by atoms with E-state index in [-0.39, 0.29) is 17.6 Å². The van der Waals surface area contributed by atoms with Crippen LogP contribution in [0.2, 0.25) is 0 Å². The molecule has 158 valence electrons. The van der Waals surface area contributed by atoms with Crippen LogP contribution in [-0.2, 0) is 11.4 Å². The van der Waals surface area contributed by atoms with Crippen molar-refractivity contribution < 1.29 is 9.53 Å². The lowest BCUT2D eigenvalue weighted by Gasteiger charge is -2.23. The van der Waals surface area contributed by atoms with E-state index in [0.29, 0.717) is 18.6 Å². The lowest BCUT2D eigenvalue weighted by molar-refractivity contribution is -0.116. The molecule has 3 N–H and O–H groups in total. The van der Waals surface area contributed by atoms with Gasteiger partial charge in [0.1, 0.15) is 29.2 Å². The quantitative estimate of drug-likeness (QED) is 0.459. The Morgan fingerprint density at radius 3 is 2.69 bits per heavy atom. The van der Waals surface area contributed by atoms with Gasteiger partial charge in [0.15, 0.2) is 0 Å². The molecule has 0 unspecified atom stereocenters. The molecule has 6 nitrogen and oxygen atoms in total. The van der Waals surface area contributed by atoms with Crippen LogP contribution in [0.5, 0.6) is 5.75 Å². The lowest BCUT2D eigenvalue weighted by Crippen LogP contribution is -2.22. The number of nitrogens with one attached hydrogen (secondary N) is 1. The molecule has 3 heterocycles. The van der Waals surface area contributed by atoms with E-state index in [2.05, 4.69) is 16.4 Å². The van der Waals surface area contributed by atoms with E-state index in [4.69, 9.17) is 10.5 Å². The smallest absolute Gasteiger partial charge is 0.225 e. The number of aryl methyl sites for hydroxylation is 1. The second-order valence-corrected chi connectivity index (χ2v) is 8.80. The number of ether oxygens (including phenoxy) is 1. The van der Waals surface area contributed by atoms with Crippen molar-refractivity contribution in [1.29, 1.82) is 5.26 Å². The second kappa shape index (κ2) is 7.98. The van der Waals surface area contributed by atoms with Gasteiger partial charge in [-0.3, -0.25) is 4.79 Å². The molecule has 0 radical (unpaired) electrons. The van der Waals surface area contributed by atoms with Gasteiger partial charge < -0.3 is 15.8 Å². The summed E-state index contributed by atoms with van der Waals surface area (Å²) in [5.41, 5.74) is 11.1. The van der Waals surface area contributed by atoms with Crippen LogP contribution < -0.4 is 15.8 Å². The number of fused-ring (bicyclic) bond motifs is 3. The minimum atomic E-state index is -0.144. The standard InChI is InChI=1S/C25H20N4O2S/c1-14-19(12-26)24(27)29-22-21-18(11-20(30)28-25(21)32-23(14)22)16-7-9-17(10-8-16)31-13-15-5-3-2-4-6-15/h2-10,18H,11,13H2,1H3,(H2,27,29)(H,28,30)/t18-/m0/s1. The number of aromatic nitrogens is 1. The van der Waals surface area contributed by atoms with Gasteiger partial charge in [-0.2, -0.15) is 5.26 Å². The van der Waals surface area contributed by atoms with E-state index in [1.165, 1.54) is 11.3 Å². The molecule has 4 aromatic rings. The van der Waals surface area contributed by atoms with Gasteiger partial charge in [0.25, 0.3) is 0 Å². The van der Waals surface area contributed by atoms with Crippen molar-refractivity contribution in [3.05, 3.63) is 82.4 Å². The summed E-state index contributed by atoms with van der Waals surface area (Å²) in [4.78, 5) is 17.0. The first-order valence-electron chi connectivity index (χ1n) is 10.2. The number of carbonyl (C=O) groups excluding carboxylic acids is 1. The predicted octanol–water partition coefficient (Wildman–Crippen LogP) is 5.11. The van der Waals surface area contributed by atoms with Gasteiger partial charge in [-0.25, -0.2) is 4.98 Å². The normalized spacial score (nSPS) is 15.1. The fourth-order valence-electron chi connectivity index (χ4n) is 4.13. The first-order chi connectivity index (χ1) is 15.5. The third-order valence-corrected chi connectivity index (χ3v) is 6.99. The van der Waals surface area contributed by atoms with E-state index in [1.54, 1.807) is 0 Å². The fourth-order valence-corrected chi connectivity index (χ4v) is 5.35. The maximum atomic E-state index is 12.5. The molecule has 0 aliphatic carbocycles. The van der Waals surface area contributed by atoms with Crippen LogP contribution in [0, 0.1) is 18.3 Å². The highest BCUT2D eigenvalue weighted by Crippen LogP contribution is 2.47. The van der Waals surface area contributed by atoms with E-state index in [0.717, 1.165) is 43.2 Å². The number of nitriles is 1. The van der Waals surface area contributed by atoms with Crippen LogP contribution in [-0.4, -0.2) is 10.9 Å². The molecule has 2 aromatic carbocycles. The average Bonchev–Trinajstić information content (AvgIpc) is 3.17. The number of hydrogen-bond acceptors (Lipinski definition) is 6. The summed E-state index contributed by atoms with van der Waals surface area (Å²) in [6.07, 6.45) is 0.323. The highest BCUT2D eigenvalue weighted by molar-refractivity contribution is 7.23. The summed E-state index contributed by atoms with van der Waals surface area (Å²) in [6, 6.07) is 20.0. The van der Waals surface area contributed by atoms with Crippen LogP contribution in [0.15, 0.2) is 54.6 Å². The highest BCUT2D eigenvalue weighted by Gasteiger charge is 2.32. The summed E-state index contributed by atoms with van der Waals surface area (Å²) in [5, 5.41) is 13.2. The summed E-state index contributed by atoms with van der Waals surface area (Å²) in [5.74, 6) is 0.808. The number of carbonyl (C=O) groups is 1. The number of rotatable bonds is 4. The van der Waals surface area contributed by atoms with Crippen molar-refractivity contribution in [1.82, 2.24) is 4.98 Å². The van der Waals surface area contributed by atoms with Gasteiger partial charge in [0.2, 0.25) is 5.91 Å². The van der Waals surface area contributed by atoms with Crippen LogP contribution in [0.25, 0.3) is 10.2 Å². The number of nitrogen functional groups attached to an aromatic ring is 1. The van der Waals surface area contributed by atoms with E-state index < -0.39 is 0 Å². The summed E-state index contributed by atoms with van der Waals surface area (Å²) in [6.45, 7) is 2.37. The monoisotopic (exact) mass is 440 g/mol. The molecular formula is C25H20N4O2S. The molecule has 1 aliphatic rings. The van der Waals surface area contributed by atoms with Gasteiger partial charge >= 0.3 is 0 Å². The average molecular weight is 441 g/mol. The zero-order chi connectivity index (χ0) is 22.2. The lowest BCUT2D eigenvalue weighted by atomic mass is 9.86. The molecule has 0 spiro atoms. The van der Waals surface area contributed by atoms with Crippen molar-refractivity contribution in [2.45, 2.75) is 25.9 Å². The number of nitrogens with two attached hydrogens (primary N) is 1. The molecular weight excluding hydrogens is 420 g/mol. The third kappa shape index (κ3) is 3.45. The largest absolute Gasteiger partial charge is 0.489 e. The first kappa shape index (κ1) is 20.0. The van der Waals surface area contributed by atoms with Crippen molar-refractivity contribution in [2.24, 2.45) is 0 Å². The number of amides is 1. The Labute approximate surface area is 189 Å². The molecule has 7 heteroatoms. The maximum absolute atomic E-state index is 12.5. The fraction of sp³-hybridized carbons (Fsp3) is 0.160. The molecule has 1 amide bonds. The minimum absolute atomic E-state index is 0.0374. The summed E-state index contributed by atoms with van der Waals surface area (Å²) in [7, 11) is 0. The Bertz CT molecular complexity index is 1370. The Kier molecular flexibility index (Phi) is 5.00. The zero-order valence-corrected chi connectivity index (χ0v) is 18.2. The Morgan fingerprint density at radius 2 is 1.97 bits per heavy atom. The van der Waals surface area contributed by atoms with Crippen LogP contribution >= 0.6 is 11.3 Å². The molecule has 0 fully saturated rings. The minimum Gasteiger partial charge on any atom is -0.489 e. The third-order valence-electron chi connectivity index (χ3n) is 5.76. The number of benzene rings is 2. The molecule has 1 aliphatic heterocycles.